The molecule has 1 saturated heterocycles. The summed E-state index contributed by atoms with van der Waals surface area (Å²) in [5.74, 6) is 1.47. The molecule has 0 aliphatic carbocycles. The molecule has 96 valence electrons. The van der Waals surface area contributed by atoms with Gasteiger partial charge in [-0.15, -0.1) is 0 Å². The maximum Gasteiger partial charge on any atom is 0.258 e. The van der Waals surface area contributed by atoms with Crippen LogP contribution in [0.3, 0.4) is 0 Å². The third-order valence-corrected chi connectivity index (χ3v) is 3.30. The molecule has 0 saturated carbocycles. The van der Waals surface area contributed by atoms with Crippen LogP contribution in [0.15, 0.2) is 22.7 Å². The maximum absolute atomic E-state index is 5.33. The molecule has 0 spiro atoms. The monoisotopic (exact) mass is 257 g/mol. The third kappa shape index (κ3) is 1.78. The van der Waals surface area contributed by atoms with Crippen LogP contribution in [0.25, 0.3) is 22.5 Å². The van der Waals surface area contributed by atoms with E-state index in [0.29, 0.717) is 18.3 Å². The second kappa shape index (κ2) is 4.13. The average Bonchev–Trinajstić information content (AvgIpc) is 3.18. The fraction of sp³-hybridized carbons (Fsp3) is 0.333. The minimum atomic E-state index is 0.244. The lowest BCUT2D eigenvalue weighted by molar-refractivity contribution is 0.192. The van der Waals surface area contributed by atoms with Crippen LogP contribution < -0.4 is 0 Å². The molecular weight excluding hydrogens is 246 g/mol. The highest BCUT2D eigenvalue weighted by atomic mass is 16.5. The second-order valence-electron chi connectivity index (χ2n) is 4.55. The number of nitrogens with one attached hydrogen (secondary N) is 1. The summed E-state index contributed by atoms with van der Waals surface area (Å²) in [5, 5.41) is 14.7. The Kier molecular flexibility index (Phi) is 2.31. The minimum absolute atomic E-state index is 0.244. The van der Waals surface area contributed by atoms with Gasteiger partial charge in [0, 0.05) is 18.1 Å². The molecule has 19 heavy (non-hydrogen) atoms. The van der Waals surface area contributed by atoms with Crippen LogP contribution in [0, 0.1) is 0 Å². The summed E-state index contributed by atoms with van der Waals surface area (Å²) in [6.07, 6.45) is 0.946. The van der Waals surface area contributed by atoms with Crippen molar-refractivity contribution in [3.63, 3.8) is 0 Å². The van der Waals surface area contributed by atoms with Gasteiger partial charge in [0.25, 0.3) is 5.89 Å². The highest BCUT2D eigenvalue weighted by molar-refractivity contribution is 5.78. The first-order valence-corrected chi connectivity index (χ1v) is 6.12. The van der Waals surface area contributed by atoms with E-state index in [9.17, 15) is 0 Å². The molecule has 0 bridgehead atoms. The molecule has 1 N–H and O–H groups in total. The molecule has 3 aromatic rings. The summed E-state index contributed by atoms with van der Waals surface area (Å²) >= 11 is 0. The largest absolute Gasteiger partial charge is 0.381 e. The molecule has 1 fully saturated rings. The molecule has 1 aliphatic rings. The number of aromatic nitrogens is 5. The Hall–Kier alpha value is -2.28. The Labute approximate surface area is 108 Å². The molecule has 2 aromatic heterocycles. The number of aromatic amines is 1. The van der Waals surface area contributed by atoms with Crippen LogP contribution in [0.1, 0.15) is 18.2 Å². The summed E-state index contributed by atoms with van der Waals surface area (Å²) < 4.78 is 10.6. The van der Waals surface area contributed by atoms with E-state index in [0.717, 1.165) is 29.6 Å². The zero-order valence-corrected chi connectivity index (χ0v) is 10.0. The minimum Gasteiger partial charge on any atom is -0.381 e. The smallest absolute Gasteiger partial charge is 0.258 e. The predicted octanol–water partition coefficient (Wildman–Crippen LogP) is 1.51. The van der Waals surface area contributed by atoms with Crippen molar-refractivity contribution in [1.82, 2.24) is 25.6 Å². The first-order valence-electron chi connectivity index (χ1n) is 6.12. The van der Waals surface area contributed by atoms with Crippen LogP contribution in [-0.4, -0.2) is 38.8 Å². The Morgan fingerprint density at radius 3 is 3.05 bits per heavy atom. The Morgan fingerprint density at radius 2 is 2.16 bits per heavy atom. The first-order chi connectivity index (χ1) is 9.40. The van der Waals surface area contributed by atoms with Gasteiger partial charge in [0.15, 0.2) is 5.82 Å². The van der Waals surface area contributed by atoms with Crippen LogP contribution >= 0.6 is 0 Å². The molecular formula is C12H11N5O2. The van der Waals surface area contributed by atoms with E-state index in [2.05, 4.69) is 25.6 Å². The normalized spacial score (nSPS) is 19.3. The number of rotatable bonds is 2. The Morgan fingerprint density at radius 1 is 1.21 bits per heavy atom. The highest BCUT2D eigenvalue weighted by Crippen LogP contribution is 2.26. The number of hydrogen-bond acceptors (Lipinski definition) is 6. The van der Waals surface area contributed by atoms with E-state index in [1.807, 2.05) is 18.2 Å². The highest BCUT2D eigenvalue weighted by Gasteiger charge is 2.23. The van der Waals surface area contributed by atoms with E-state index in [4.69, 9.17) is 9.26 Å². The quantitative estimate of drug-likeness (QED) is 0.748. The van der Waals surface area contributed by atoms with Crippen molar-refractivity contribution in [3.8, 4) is 11.5 Å². The second-order valence-corrected chi connectivity index (χ2v) is 4.55. The van der Waals surface area contributed by atoms with Crippen molar-refractivity contribution >= 4 is 11.0 Å². The van der Waals surface area contributed by atoms with E-state index in [-0.39, 0.29) is 5.92 Å². The fourth-order valence-corrected chi connectivity index (χ4v) is 2.23. The van der Waals surface area contributed by atoms with E-state index in [1.54, 1.807) is 0 Å². The predicted molar refractivity (Wildman–Crippen MR) is 65.4 cm³/mol. The van der Waals surface area contributed by atoms with Gasteiger partial charge in [-0.3, -0.25) is 0 Å². The number of nitrogens with zero attached hydrogens (tertiary/aromatic N) is 4. The SMILES string of the molecule is c1cc2n[nH]nc2cc1-c1nc(C2CCOC2)no1. The van der Waals surface area contributed by atoms with Gasteiger partial charge in [0.1, 0.15) is 11.0 Å². The molecule has 0 radical (unpaired) electrons. The van der Waals surface area contributed by atoms with Gasteiger partial charge in [-0.05, 0) is 24.6 Å². The summed E-state index contributed by atoms with van der Waals surface area (Å²) in [6, 6.07) is 5.64. The van der Waals surface area contributed by atoms with Crippen LogP contribution in [0.5, 0.6) is 0 Å². The number of ether oxygens (including phenoxy) is 1. The molecule has 7 nitrogen and oxygen atoms in total. The molecule has 1 aliphatic heterocycles. The van der Waals surface area contributed by atoms with Crippen molar-refractivity contribution in [2.75, 3.05) is 13.2 Å². The number of H-pyrrole nitrogens is 1. The molecule has 4 rings (SSSR count). The average molecular weight is 257 g/mol. The van der Waals surface area contributed by atoms with E-state index >= 15 is 0 Å². The van der Waals surface area contributed by atoms with Crippen molar-refractivity contribution in [3.05, 3.63) is 24.0 Å². The molecule has 7 heteroatoms. The number of benzene rings is 1. The van der Waals surface area contributed by atoms with Gasteiger partial charge in [0.2, 0.25) is 0 Å². The maximum atomic E-state index is 5.33. The molecule has 0 amide bonds. The van der Waals surface area contributed by atoms with Crippen LogP contribution in [-0.2, 0) is 4.74 Å². The fourth-order valence-electron chi connectivity index (χ4n) is 2.23. The zero-order valence-electron chi connectivity index (χ0n) is 10.0. The van der Waals surface area contributed by atoms with Crippen molar-refractivity contribution < 1.29 is 9.26 Å². The standard InChI is InChI=1S/C12H11N5O2/c1-2-9-10(15-17-14-9)5-7(1)12-13-11(16-19-12)8-3-4-18-6-8/h1-2,5,8H,3-4,6H2,(H,14,15,17). The van der Waals surface area contributed by atoms with Gasteiger partial charge in [-0.2, -0.15) is 20.4 Å². The van der Waals surface area contributed by atoms with Gasteiger partial charge in [-0.25, -0.2) is 0 Å². The molecule has 1 unspecified atom stereocenters. The van der Waals surface area contributed by atoms with Gasteiger partial charge in [-0.1, -0.05) is 5.16 Å². The Balaban J connectivity index is 1.70. The topological polar surface area (TPSA) is 89.7 Å². The summed E-state index contributed by atoms with van der Waals surface area (Å²) in [5.41, 5.74) is 2.44. The first kappa shape index (κ1) is 10.6. The zero-order chi connectivity index (χ0) is 12.7. The molecule has 3 heterocycles. The lowest BCUT2D eigenvalue weighted by Gasteiger charge is -1.97. The Bertz CT molecular complexity index is 714. The summed E-state index contributed by atoms with van der Waals surface area (Å²) in [4.78, 5) is 4.44. The van der Waals surface area contributed by atoms with E-state index < -0.39 is 0 Å². The lowest BCUT2D eigenvalue weighted by Crippen LogP contribution is -1.99. The number of fused-ring (bicyclic) bond motifs is 1. The van der Waals surface area contributed by atoms with E-state index in [1.165, 1.54) is 0 Å². The third-order valence-electron chi connectivity index (χ3n) is 3.30. The molecule has 1 aromatic carbocycles. The van der Waals surface area contributed by atoms with Gasteiger partial charge >= 0.3 is 0 Å². The summed E-state index contributed by atoms with van der Waals surface area (Å²) in [6.45, 7) is 1.43. The van der Waals surface area contributed by atoms with Gasteiger partial charge in [0.05, 0.1) is 6.61 Å². The van der Waals surface area contributed by atoms with Crippen LogP contribution in [0.4, 0.5) is 0 Å². The molecule has 1 atom stereocenters. The van der Waals surface area contributed by atoms with Gasteiger partial charge < -0.3 is 9.26 Å². The number of hydrogen-bond donors (Lipinski definition) is 1. The van der Waals surface area contributed by atoms with Crippen LogP contribution in [0.2, 0.25) is 0 Å². The summed E-state index contributed by atoms with van der Waals surface area (Å²) in [7, 11) is 0. The lowest BCUT2D eigenvalue weighted by atomic mass is 10.1. The van der Waals surface area contributed by atoms with Crippen molar-refractivity contribution in [2.45, 2.75) is 12.3 Å². The van der Waals surface area contributed by atoms with Crippen molar-refractivity contribution in [2.24, 2.45) is 0 Å². The van der Waals surface area contributed by atoms with Crippen molar-refractivity contribution in [1.29, 1.82) is 0 Å².